The minimum Gasteiger partial charge on any atom is -0.307 e. The van der Waals surface area contributed by atoms with Gasteiger partial charge in [-0.15, -0.1) is 0 Å². The second kappa shape index (κ2) is 4.96. The summed E-state index contributed by atoms with van der Waals surface area (Å²) < 4.78 is 0. The van der Waals surface area contributed by atoms with Crippen molar-refractivity contribution in [3.8, 4) is 0 Å². The van der Waals surface area contributed by atoms with Gasteiger partial charge in [-0.25, -0.2) is 0 Å². The Morgan fingerprint density at radius 2 is 2.56 bits per heavy atom. The second-order valence-electron chi connectivity index (χ2n) is 1.14. The number of hydrogen-bond donors (Lipinski definition) is 1. The fraction of sp³-hybridized carbons (Fsp3) is 0.200. The summed E-state index contributed by atoms with van der Waals surface area (Å²) in [6, 6.07) is 0. The normalized spacial score (nSPS) is 9.44. The molecule has 0 aromatic carbocycles. The Balaban J connectivity index is 3.37. The van der Waals surface area contributed by atoms with E-state index in [2.05, 4.69) is 17.2 Å². The van der Waals surface area contributed by atoms with Gasteiger partial charge >= 0.3 is 0 Å². The minimum atomic E-state index is -0.319. The lowest BCUT2D eigenvalue weighted by molar-refractivity contribution is -0.118. The molecule has 0 atom stereocenters. The highest BCUT2D eigenvalue weighted by atomic mass is 16.1. The molecule has 9 heavy (non-hydrogen) atoms. The van der Waals surface area contributed by atoms with Crippen molar-refractivity contribution in [2.75, 3.05) is 0 Å². The van der Waals surface area contributed by atoms with Gasteiger partial charge in [0.15, 0.2) is 6.34 Å². The van der Waals surface area contributed by atoms with Crippen LogP contribution in [0.25, 0.3) is 0 Å². The van der Waals surface area contributed by atoms with Crippen molar-refractivity contribution < 1.29 is 9.59 Å². The summed E-state index contributed by atoms with van der Waals surface area (Å²) in [5.41, 5.74) is 0. The molecule has 0 heterocycles. The van der Waals surface area contributed by atoms with Crippen molar-refractivity contribution >= 4 is 18.7 Å². The third kappa shape index (κ3) is 4.67. The highest BCUT2D eigenvalue weighted by Gasteiger charge is 1.89. The van der Waals surface area contributed by atoms with Crippen molar-refractivity contribution in [3.63, 3.8) is 0 Å². The highest BCUT2D eigenvalue weighted by molar-refractivity contribution is 5.89. The molecule has 4 nitrogen and oxygen atoms in total. The largest absolute Gasteiger partial charge is 0.307 e. The first kappa shape index (κ1) is 7.81. The summed E-state index contributed by atoms with van der Waals surface area (Å²) in [6.07, 6.45) is 2.40. The van der Waals surface area contributed by atoms with Crippen molar-refractivity contribution in [1.29, 1.82) is 0 Å². The van der Waals surface area contributed by atoms with Crippen molar-refractivity contribution in [1.82, 2.24) is 5.32 Å². The molecular weight excluding hydrogens is 120 g/mol. The van der Waals surface area contributed by atoms with Crippen LogP contribution in [0.4, 0.5) is 0 Å². The fourth-order valence-electron chi connectivity index (χ4n) is 0.183. The van der Waals surface area contributed by atoms with Crippen LogP contribution >= 0.6 is 0 Å². The predicted molar refractivity (Wildman–Crippen MR) is 31.6 cm³/mol. The average Bonchev–Trinajstić information content (AvgIpc) is 1.89. The Labute approximate surface area is 53.0 Å². The first-order valence-corrected chi connectivity index (χ1v) is 2.28. The fourth-order valence-corrected chi connectivity index (χ4v) is 0.183. The van der Waals surface area contributed by atoms with E-state index in [0.717, 1.165) is 0 Å². The highest BCUT2D eigenvalue weighted by Crippen LogP contribution is 1.69. The number of nitrogens with zero attached hydrogens (tertiary/aromatic N) is 1. The summed E-state index contributed by atoms with van der Waals surface area (Å²) in [6.45, 7) is 3.28. The molecule has 1 N–H and O–H groups in total. The molecule has 0 aliphatic rings. The summed E-state index contributed by atoms with van der Waals surface area (Å²) in [5.74, 6) is -0.319. The van der Waals surface area contributed by atoms with E-state index in [0.29, 0.717) is 0 Å². The Bertz CT molecular complexity index is 131. The molecule has 0 fully saturated rings. The second-order valence-corrected chi connectivity index (χ2v) is 1.14. The maximum atomic E-state index is 10.3. The van der Waals surface area contributed by atoms with E-state index < -0.39 is 0 Å². The maximum Gasteiger partial charge on any atom is 0.234 e. The lowest BCUT2D eigenvalue weighted by Crippen LogP contribution is -2.19. The topological polar surface area (TPSA) is 58.5 Å². The third-order valence-corrected chi connectivity index (χ3v) is 0.540. The Hall–Kier alpha value is -1.19. The zero-order chi connectivity index (χ0) is 7.11. The predicted octanol–water partition coefficient (Wildman–Crippen LogP) is -0.612. The van der Waals surface area contributed by atoms with Crippen LogP contribution in [0.3, 0.4) is 0 Å². The number of rotatable bonds is 3. The van der Waals surface area contributed by atoms with Crippen molar-refractivity contribution in [3.05, 3.63) is 6.92 Å². The van der Waals surface area contributed by atoms with Gasteiger partial charge in [-0.05, 0) is 6.92 Å². The lowest BCUT2D eigenvalue weighted by Gasteiger charge is -1.88. The van der Waals surface area contributed by atoms with Crippen LogP contribution in [0.1, 0.15) is 6.42 Å². The van der Waals surface area contributed by atoms with Gasteiger partial charge in [-0.1, -0.05) is 0 Å². The smallest absolute Gasteiger partial charge is 0.234 e. The van der Waals surface area contributed by atoms with E-state index >= 15 is 0 Å². The molecule has 0 aromatic rings. The molecule has 0 saturated heterocycles. The van der Waals surface area contributed by atoms with E-state index in [1.54, 1.807) is 0 Å². The van der Waals surface area contributed by atoms with E-state index in [9.17, 15) is 9.59 Å². The zero-order valence-corrected chi connectivity index (χ0v) is 4.76. The van der Waals surface area contributed by atoms with Gasteiger partial charge in [0, 0.05) is 6.42 Å². The molecule has 4 heteroatoms. The van der Waals surface area contributed by atoms with Crippen LogP contribution < -0.4 is 5.32 Å². The number of nitrogens with one attached hydrogen (secondary N) is 1. The summed E-state index contributed by atoms with van der Waals surface area (Å²) in [4.78, 5) is 22.7. The minimum absolute atomic E-state index is 0.112. The van der Waals surface area contributed by atoms with Crippen LogP contribution in [0.15, 0.2) is 4.99 Å². The number of aliphatic imine (C=N–C) groups is 1. The molecule has 2 amide bonds. The van der Waals surface area contributed by atoms with Gasteiger partial charge in [0.1, 0.15) is 0 Å². The van der Waals surface area contributed by atoms with Crippen LogP contribution in [-0.2, 0) is 9.59 Å². The quantitative estimate of drug-likeness (QED) is 0.237. The van der Waals surface area contributed by atoms with Gasteiger partial charge in [0.25, 0.3) is 0 Å². The summed E-state index contributed by atoms with van der Waals surface area (Å²) in [5, 5.41) is 2.08. The first-order valence-electron chi connectivity index (χ1n) is 2.28. The first-order chi connectivity index (χ1) is 4.31. The van der Waals surface area contributed by atoms with E-state index in [1.807, 2.05) is 6.34 Å². The van der Waals surface area contributed by atoms with Crippen LogP contribution in [0.5, 0.6) is 0 Å². The van der Waals surface area contributed by atoms with Crippen LogP contribution in [0, 0.1) is 6.92 Å². The summed E-state index contributed by atoms with van der Waals surface area (Å²) >= 11 is 0. The Kier molecular flexibility index (Phi) is 4.30. The molecular formula is C5H6N2O2. The van der Waals surface area contributed by atoms with Crippen LogP contribution in [0.2, 0.25) is 0 Å². The molecule has 0 rings (SSSR count). The molecule has 2 radical (unpaired) electrons. The monoisotopic (exact) mass is 126 g/mol. The number of amides is 2. The Morgan fingerprint density at radius 3 is 3.00 bits per heavy atom. The molecule has 0 aliphatic heterocycles. The maximum absolute atomic E-state index is 10.3. The van der Waals surface area contributed by atoms with Crippen LogP contribution in [-0.4, -0.2) is 18.7 Å². The molecule has 0 unspecified atom stereocenters. The lowest BCUT2D eigenvalue weighted by atomic mass is 10.5. The summed E-state index contributed by atoms with van der Waals surface area (Å²) in [7, 11) is 0. The SMILES string of the molecule is [CH2]CC(=O)N/[C]=N/C=O. The molecule has 0 saturated carbocycles. The number of carbonyl (C=O) groups excluding carboxylic acids is 2. The van der Waals surface area contributed by atoms with Gasteiger partial charge in [-0.2, -0.15) is 4.99 Å². The van der Waals surface area contributed by atoms with E-state index in [1.165, 1.54) is 0 Å². The van der Waals surface area contributed by atoms with Gasteiger partial charge in [0.05, 0.1) is 0 Å². The van der Waals surface area contributed by atoms with Crippen molar-refractivity contribution in [2.24, 2.45) is 4.99 Å². The zero-order valence-electron chi connectivity index (χ0n) is 4.76. The number of carbonyl (C=O) groups is 2. The average molecular weight is 126 g/mol. The Morgan fingerprint density at radius 1 is 1.89 bits per heavy atom. The third-order valence-electron chi connectivity index (χ3n) is 0.540. The van der Waals surface area contributed by atoms with Gasteiger partial charge < -0.3 is 5.32 Å². The van der Waals surface area contributed by atoms with E-state index in [-0.39, 0.29) is 18.7 Å². The van der Waals surface area contributed by atoms with Gasteiger partial charge in [-0.3, -0.25) is 9.59 Å². The van der Waals surface area contributed by atoms with E-state index in [4.69, 9.17) is 0 Å². The molecule has 48 valence electrons. The molecule has 0 aliphatic carbocycles. The van der Waals surface area contributed by atoms with Gasteiger partial charge in [0.2, 0.25) is 12.3 Å². The molecule has 0 spiro atoms. The number of hydrogen-bond acceptors (Lipinski definition) is 2. The molecule has 0 bridgehead atoms. The van der Waals surface area contributed by atoms with Crippen molar-refractivity contribution in [2.45, 2.75) is 6.42 Å². The molecule has 0 aromatic heterocycles. The standard InChI is InChI=1S/C5H6N2O2/c1-2-5(9)7-3-6-4-8/h4H,1-2H2,(H,6,7,8,9).